The van der Waals surface area contributed by atoms with E-state index in [-0.39, 0.29) is 6.09 Å². The Balaban J connectivity index is 2.18. The number of carbonyl (C=O) groups is 1. The van der Waals surface area contributed by atoms with Crippen molar-refractivity contribution in [2.45, 2.75) is 19.8 Å². The van der Waals surface area contributed by atoms with Crippen LogP contribution in [-0.2, 0) is 4.74 Å². The number of ether oxygens (including phenoxy) is 1. The van der Waals surface area contributed by atoms with E-state index in [9.17, 15) is 4.79 Å². The standard InChI is InChI=1S/C13H22N2O2/c1-4-8-15-9-6-12(7-10-15)11-17-13(16)14(3)5-2/h1,12H,5-11H2,2-3H3. The molecule has 1 fully saturated rings. The number of rotatable bonds is 4. The molecule has 0 saturated carbocycles. The quantitative estimate of drug-likeness (QED) is 0.694. The average molecular weight is 238 g/mol. The van der Waals surface area contributed by atoms with Gasteiger partial charge in [-0.1, -0.05) is 5.92 Å². The first kappa shape index (κ1) is 13.9. The third-order valence-electron chi connectivity index (χ3n) is 3.25. The van der Waals surface area contributed by atoms with Gasteiger partial charge in [-0.05, 0) is 38.8 Å². The molecule has 1 rings (SSSR count). The highest BCUT2D eigenvalue weighted by Crippen LogP contribution is 2.17. The molecule has 0 bridgehead atoms. The Hall–Kier alpha value is -1.21. The lowest BCUT2D eigenvalue weighted by atomic mass is 9.98. The maximum Gasteiger partial charge on any atom is 0.409 e. The fourth-order valence-electron chi connectivity index (χ4n) is 1.87. The zero-order chi connectivity index (χ0) is 12.7. The van der Waals surface area contributed by atoms with Gasteiger partial charge in [-0.15, -0.1) is 6.42 Å². The Morgan fingerprint density at radius 3 is 2.71 bits per heavy atom. The van der Waals surface area contributed by atoms with E-state index in [1.807, 2.05) is 6.92 Å². The Morgan fingerprint density at radius 1 is 1.53 bits per heavy atom. The summed E-state index contributed by atoms with van der Waals surface area (Å²) in [6.45, 7) is 5.89. The average Bonchev–Trinajstić information content (AvgIpc) is 2.37. The Kier molecular flexibility index (Phi) is 5.85. The molecule has 1 aliphatic rings. The normalized spacial score (nSPS) is 17.5. The summed E-state index contributed by atoms with van der Waals surface area (Å²) in [6.07, 6.45) is 7.17. The van der Waals surface area contributed by atoms with Crippen molar-refractivity contribution in [3.63, 3.8) is 0 Å². The van der Waals surface area contributed by atoms with Gasteiger partial charge in [0.05, 0.1) is 13.2 Å². The predicted molar refractivity (Wildman–Crippen MR) is 67.6 cm³/mol. The first-order valence-corrected chi connectivity index (χ1v) is 6.21. The highest BCUT2D eigenvalue weighted by molar-refractivity contribution is 5.67. The first-order chi connectivity index (χ1) is 8.17. The van der Waals surface area contributed by atoms with Crippen LogP contribution in [0.15, 0.2) is 0 Å². The molecule has 0 spiro atoms. The van der Waals surface area contributed by atoms with E-state index in [1.165, 1.54) is 0 Å². The van der Waals surface area contributed by atoms with Gasteiger partial charge in [-0.2, -0.15) is 0 Å². The molecule has 0 aromatic carbocycles. The van der Waals surface area contributed by atoms with E-state index in [1.54, 1.807) is 11.9 Å². The van der Waals surface area contributed by atoms with Gasteiger partial charge in [0.2, 0.25) is 0 Å². The van der Waals surface area contributed by atoms with Crippen molar-refractivity contribution in [3.8, 4) is 12.3 Å². The van der Waals surface area contributed by atoms with Gasteiger partial charge in [0.15, 0.2) is 0 Å². The zero-order valence-electron chi connectivity index (χ0n) is 10.8. The summed E-state index contributed by atoms with van der Waals surface area (Å²) in [6, 6.07) is 0. The summed E-state index contributed by atoms with van der Waals surface area (Å²) in [7, 11) is 1.75. The molecule has 1 amide bonds. The van der Waals surface area contributed by atoms with Crippen LogP contribution in [-0.4, -0.2) is 55.7 Å². The van der Waals surface area contributed by atoms with Crippen molar-refractivity contribution in [2.24, 2.45) is 5.92 Å². The minimum Gasteiger partial charge on any atom is -0.449 e. The van der Waals surface area contributed by atoms with E-state index in [0.717, 1.165) is 32.5 Å². The lowest BCUT2D eigenvalue weighted by Gasteiger charge is -2.30. The number of hydrogen-bond acceptors (Lipinski definition) is 3. The molecule has 0 N–H and O–H groups in total. The molecular weight excluding hydrogens is 216 g/mol. The topological polar surface area (TPSA) is 32.8 Å². The Morgan fingerprint density at radius 2 is 2.18 bits per heavy atom. The lowest BCUT2D eigenvalue weighted by Crippen LogP contribution is -2.36. The van der Waals surface area contributed by atoms with Crippen LogP contribution in [0.5, 0.6) is 0 Å². The van der Waals surface area contributed by atoms with Gasteiger partial charge < -0.3 is 9.64 Å². The minimum absolute atomic E-state index is 0.224. The Labute approximate surface area is 104 Å². The van der Waals surface area contributed by atoms with E-state index in [0.29, 0.717) is 19.1 Å². The third kappa shape index (κ3) is 4.66. The number of carbonyl (C=O) groups excluding carboxylic acids is 1. The number of terminal acetylenes is 1. The summed E-state index contributed by atoms with van der Waals surface area (Å²) in [5, 5.41) is 0. The lowest BCUT2D eigenvalue weighted by molar-refractivity contribution is 0.0782. The maximum atomic E-state index is 11.5. The van der Waals surface area contributed by atoms with Crippen LogP contribution in [0.25, 0.3) is 0 Å². The minimum atomic E-state index is -0.224. The molecule has 1 aliphatic heterocycles. The molecule has 1 saturated heterocycles. The van der Waals surface area contributed by atoms with Crippen LogP contribution in [0, 0.1) is 18.3 Å². The van der Waals surface area contributed by atoms with Gasteiger partial charge in [0.25, 0.3) is 0 Å². The molecule has 17 heavy (non-hydrogen) atoms. The second-order valence-corrected chi connectivity index (χ2v) is 4.51. The van der Waals surface area contributed by atoms with E-state index in [4.69, 9.17) is 11.2 Å². The Bertz CT molecular complexity index is 278. The van der Waals surface area contributed by atoms with Crippen LogP contribution >= 0.6 is 0 Å². The van der Waals surface area contributed by atoms with Crippen molar-refractivity contribution < 1.29 is 9.53 Å². The number of hydrogen-bond donors (Lipinski definition) is 0. The highest BCUT2D eigenvalue weighted by atomic mass is 16.6. The molecule has 0 aromatic heterocycles. The summed E-state index contributed by atoms with van der Waals surface area (Å²) in [4.78, 5) is 15.3. The van der Waals surface area contributed by atoms with Crippen LogP contribution in [0.1, 0.15) is 19.8 Å². The van der Waals surface area contributed by atoms with Crippen molar-refractivity contribution in [1.82, 2.24) is 9.80 Å². The van der Waals surface area contributed by atoms with Crippen molar-refractivity contribution in [2.75, 3.05) is 39.8 Å². The van der Waals surface area contributed by atoms with Crippen molar-refractivity contribution in [1.29, 1.82) is 0 Å². The van der Waals surface area contributed by atoms with E-state index in [2.05, 4.69) is 10.8 Å². The fourth-order valence-corrected chi connectivity index (χ4v) is 1.87. The fraction of sp³-hybridized carbons (Fsp3) is 0.769. The molecule has 0 aliphatic carbocycles. The second-order valence-electron chi connectivity index (χ2n) is 4.51. The van der Waals surface area contributed by atoms with Crippen LogP contribution in [0.2, 0.25) is 0 Å². The van der Waals surface area contributed by atoms with Gasteiger partial charge in [-0.3, -0.25) is 4.90 Å². The molecule has 96 valence electrons. The molecule has 0 atom stereocenters. The van der Waals surface area contributed by atoms with E-state index >= 15 is 0 Å². The number of likely N-dealkylation sites (tertiary alicyclic amines) is 1. The maximum absolute atomic E-state index is 11.5. The van der Waals surface area contributed by atoms with Crippen molar-refractivity contribution in [3.05, 3.63) is 0 Å². The van der Waals surface area contributed by atoms with Gasteiger partial charge >= 0.3 is 6.09 Å². The van der Waals surface area contributed by atoms with Crippen molar-refractivity contribution >= 4 is 6.09 Å². The molecule has 4 heteroatoms. The number of nitrogens with zero attached hydrogens (tertiary/aromatic N) is 2. The molecule has 0 radical (unpaired) electrons. The molecule has 0 unspecified atom stereocenters. The largest absolute Gasteiger partial charge is 0.449 e. The second kappa shape index (κ2) is 7.18. The molecular formula is C13H22N2O2. The molecule has 1 heterocycles. The molecule has 4 nitrogen and oxygen atoms in total. The highest BCUT2D eigenvalue weighted by Gasteiger charge is 2.20. The summed E-state index contributed by atoms with van der Waals surface area (Å²) < 4.78 is 5.26. The zero-order valence-corrected chi connectivity index (χ0v) is 10.8. The predicted octanol–water partition coefficient (Wildman–Crippen LogP) is 1.42. The first-order valence-electron chi connectivity index (χ1n) is 6.21. The van der Waals surface area contributed by atoms with E-state index < -0.39 is 0 Å². The number of piperidine rings is 1. The SMILES string of the molecule is C#CCN1CCC(COC(=O)N(C)CC)CC1. The van der Waals surface area contributed by atoms with Crippen LogP contribution in [0.3, 0.4) is 0 Å². The summed E-state index contributed by atoms with van der Waals surface area (Å²) in [5.74, 6) is 3.14. The number of amides is 1. The van der Waals surface area contributed by atoms with Crippen LogP contribution in [0.4, 0.5) is 4.79 Å². The molecule has 0 aromatic rings. The summed E-state index contributed by atoms with van der Waals surface area (Å²) >= 11 is 0. The summed E-state index contributed by atoms with van der Waals surface area (Å²) in [5.41, 5.74) is 0. The van der Waals surface area contributed by atoms with Gasteiger partial charge in [0.1, 0.15) is 0 Å². The van der Waals surface area contributed by atoms with Crippen LogP contribution < -0.4 is 0 Å². The van der Waals surface area contributed by atoms with Gasteiger partial charge in [0, 0.05) is 13.6 Å². The monoisotopic (exact) mass is 238 g/mol. The third-order valence-corrected chi connectivity index (χ3v) is 3.25. The van der Waals surface area contributed by atoms with Gasteiger partial charge in [-0.25, -0.2) is 4.79 Å². The smallest absolute Gasteiger partial charge is 0.409 e.